The summed E-state index contributed by atoms with van der Waals surface area (Å²) in [5, 5.41) is 0. The molecule has 0 aliphatic rings. The topological polar surface area (TPSA) is 38.9 Å². The van der Waals surface area contributed by atoms with Crippen LogP contribution < -0.4 is 5.73 Å². The Morgan fingerprint density at radius 1 is 1.15 bits per heavy atom. The summed E-state index contributed by atoms with van der Waals surface area (Å²) in [6.07, 6.45) is 3.40. The van der Waals surface area contributed by atoms with Gasteiger partial charge in [0, 0.05) is 11.8 Å². The molecule has 0 atom stereocenters. The fourth-order valence-corrected chi connectivity index (χ4v) is 1.24. The number of nitrogens with zero attached hydrogens (tertiary/aromatic N) is 1. The van der Waals surface area contributed by atoms with Gasteiger partial charge in [-0.2, -0.15) is 0 Å². The lowest BCUT2D eigenvalue weighted by Gasteiger charge is -2.03. The van der Waals surface area contributed by atoms with E-state index in [1.807, 2.05) is 30.3 Å². The maximum atomic E-state index is 5.78. The van der Waals surface area contributed by atoms with E-state index in [-0.39, 0.29) is 0 Å². The minimum atomic E-state index is 0.703. The average molecular weight is 169 g/mol. The highest BCUT2D eigenvalue weighted by molar-refractivity contribution is 5.74. The molecule has 0 aliphatic carbocycles. The molecule has 0 saturated heterocycles. The van der Waals surface area contributed by atoms with Crippen molar-refractivity contribution in [2.24, 2.45) is 0 Å². The first kappa shape index (κ1) is 7.80. The Hall–Kier alpha value is -1.83. The number of nitrogen functional groups attached to an aromatic ring is 1. The first-order valence-corrected chi connectivity index (χ1v) is 4.04. The quantitative estimate of drug-likeness (QED) is 0.710. The molecule has 0 aliphatic heterocycles. The molecule has 0 bridgehead atoms. The molecule has 1 aromatic heterocycles. The lowest BCUT2D eigenvalue weighted by atomic mass is 10.1. The van der Waals surface area contributed by atoms with Crippen LogP contribution in [0.15, 0.2) is 42.7 Å². The fourth-order valence-electron chi connectivity index (χ4n) is 1.24. The number of hydrogen-bond acceptors (Lipinski definition) is 2. The molecule has 0 saturated carbocycles. The van der Waals surface area contributed by atoms with Crippen LogP contribution in [0.1, 0.15) is 0 Å². The Balaban J connectivity index is 2.54. The molecule has 13 heavy (non-hydrogen) atoms. The van der Waals surface area contributed by atoms with Crippen LogP contribution in [0, 0.1) is 6.07 Å². The lowest BCUT2D eigenvalue weighted by Crippen LogP contribution is -1.90. The van der Waals surface area contributed by atoms with Crippen molar-refractivity contribution in [2.45, 2.75) is 0 Å². The van der Waals surface area contributed by atoms with Crippen LogP contribution in [-0.4, -0.2) is 4.98 Å². The lowest BCUT2D eigenvalue weighted by molar-refractivity contribution is 1.33. The average Bonchev–Trinajstić information content (AvgIpc) is 2.20. The zero-order valence-electron chi connectivity index (χ0n) is 7.07. The zero-order valence-corrected chi connectivity index (χ0v) is 7.07. The Bertz CT molecular complexity index is 396. The van der Waals surface area contributed by atoms with Gasteiger partial charge in [0.25, 0.3) is 0 Å². The summed E-state index contributed by atoms with van der Waals surface area (Å²) in [6, 6.07) is 12.6. The smallest absolute Gasteiger partial charge is 0.0580 e. The Morgan fingerprint density at radius 2 is 1.92 bits per heavy atom. The number of nitrogens with two attached hydrogens (primary N) is 1. The SMILES string of the molecule is Nc1cnccc1-c1cc[c]cc1. The van der Waals surface area contributed by atoms with Crippen molar-refractivity contribution < 1.29 is 0 Å². The molecule has 2 aromatic rings. The molecule has 2 N–H and O–H groups in total. The van der Waals surface area contributed by atoms with Crippen molar-refractivity contribution in [3.63, 3.8) is 0 Å². The second-order valence-corrected chi connectivity index (χ2v) is 2.75. The Labute approximate surface area is 77.0 Å². The summed E-state index contributed by atoms with van der Waals surface area (Å²) in [7, 11) is 0. The van der Waals surface area contributed by atoms with Gasteiger partial charge in [-0.25, -0.2) is 0 Å². The molecule has 1 radical (unpaired) electrons. The van der Waals surface area contributed by atoms with Crippen LogP contribution in [0.5, 0.6) is 0 Å². The molecule has 0 unspecified atom stereocenters. The highest BCUT2D eigenvalue weighted by atomic mass is 14.7. The monoisotopic (exact) mass is 169 g/mol. The standard InChI is InChI=1S/C11H9N2/c12-11-8-13-7-6-10(11)9-4-2-1-3-5-9/h2-8H,12H2. The second kappa shape index (κ2) is 3.27. The normalized spacial score (nSPS) is 9.85. The maximum Gasteiger partial charge on any atom is 0.0580 e. The predicted molar refractivity (Wildman–Crippen MR) is 52.9 cm³/mol. The molecule has 2 rings (SSSR count). The van der Waals surface area contributed by atoms with Crippen molar-refractivity contribution in [3.8, 4) is 11.1 Å². The van der Waals surface area contributed by atoms with Gasteiger partial charge in [-0.1, -0.05) is 24.3 Å². The summed E-state index contributed by atoms with van der Waals surface area (Å²) in [6.45, 7) is 0. The Morgan fingerprint density at radius 3 is 2.62 bits per heavy atom. The minimum Gasteiger partial charge on any atom is -0.397 e. The van der Waals surface area contributed by atoms with E-state index in [9.17, 15) is 0 Å². The van der Waals surface area contributed by atoms with Gasteiger partial charge in [0.2, 0.25) is 0 Å². The van der Waals surface area contributed by atoms with Gasteiger partial charge in [-0.05, 0) is 17.7 Å². The highest BCUT2D eigenvalue weighted by Crippen LogP contribution is 2.23. The van der Waals surface area contributed by atoms with Crippen molar-refractivity contribution in [3.05, 3.63) is 48.8 Å². The third-order valence-corrected chi connectivity index (χ3v) is 1.88. The van der Waals surface area contributed by atoms with Crippen LogP contribution in [0.2, 0.25) is 0 Å². The third kappa shape index (κ3) is 1.51. The number of rotatable bonds is 1. The summed E-state index contributed by atoms with van der Waals surface area (Å²) in [4.78, 5) is 3.94. The van der Waals surface area contributed by atoms with Gasteiger partial charge >= 0.3 is 0 Å². The van der Waals surface area contributed by atoms with Crippen LogP contribution in [-0.2, 0) is 0 Å². The molecular weight excluding hydrogens is 160 g/mol. The van der Waals surface area contributed by atoms with Gasteiger partial charge in [0.1, 0.15) is 0 Å². The molecule has 2 heteroatoms. The number of aromatic nitrogens is 1. The van der Waals surface area contributed by atoms with Crippen LogP contribution in [0.25, 0.3) is 11.1 Å². The first-order chi connectivity index (χ1) is 6.38. The second-order valence-electron chi connectivity index (χ2n) is 2.75. The van der Waals surface area contributed by atoms with Gasteiger partial charge < -0.3 is 5.73 Å². The van der Waals surface area contributed by atoms with E-state index in [4.69, 9.17) is 5.73 Å². The van der Waals surface area contributed by atoms with E-state index >= 15 is 0 Å². The van der Waals surface area contributed by atoms with Gasteiger partial charge in [-0.3, -0.25) is 4.98 Å². The molecule has 0 spiro atoms. The van der Waals surface area contributed by atoms with E-state index in [0.717, 1.165) is 11.1 Å². The molecular formula is C11H9N2. The van der Waals surface area contributed by atoms with Crippen molar-refractivity contribution in [1.82, 2.24) is 4.98 Å². The predicted octanol–water partition coefficient (Wildman–Crippen LogP) is 2.13. The van der Waals surface area contributed by atoms with Gasteiger partial charge in [0.05, 0.1) is 11.9 Å². The van der Waals surface area contributed by atoms with Gasteiger partial charge in [0.15, 0.2) is 0 Å². The Kier molecular flexibility index (Phi) is 1.96. The third-order valence-electron chi connectivity index (χ3n) is 1.88. The fraction of sp³-hybridized carbons (Fsp3) is 0. The number of pyridine rings is 1. The van der Waals surface area contributed by atoms with Crippen LogP contribution in [0.3, 0.4) is 0 Å². The number of hydrogen-bond donors (Lipinski definition) is 1. The molecule has 1 heterocycles. The van der Waals surface area contributed by atoms with E-state index < -0.39 is 0 Å². The summed E-state index contributed by atoms with van der Waals surface area (Å²) in [5.74, 6) is 0. The van der Waals surface area contributed by atoms with Crippen molar-refractivity contribution in [2.75, 3.05) is 5.73 Å². The minimum absolute atomic E-state index is 0.703. The highest BCUT2D eigenvalue weighted by Gasteiger charge is 1.99. The number of anilines is 1. The zero-order chi connectivity index (χ0) is 9.10. The van der Waals surface area contributed by atoms with Crippen molar-refractivity contribution in [1.29, 1.82) is 0 Å². The van der Waals surface area contributed by atoms with Crippen LogP contribution >= 0.6 is 0 Å². The van der Waals surface area contributed by atoms with Gasteiger partial charge in [-0.15, -0.1) is 0 Å². The maximum absolute atomic E-state index is 5.78. The van der Waals surface area contributed by atoms with Crippen molar-refractivity contribution >= 4 is 5.69 Å². The molecule has 2 nitrogen and oxygen atoms in total. The largest absolute Gasteiger partial charge is 0.397 e. The molecule has 0 fully saturated rings. The summed E-state index contributed by atoms with van der Waals surface area (Å²) in [5.41, 5.74) is 8.60. The van der Waals surface area contributed by atoms with E-state index in [1.54, 1.807) is 12.4 Å². The van der Waals surface area contributed by atoms with E-state index in [0.29, 0.717) is 5.69 Å². The number of benzene rings is 1. The van der Waals surface area contributed by atoms with E-state index in [1.165, 1.54) is 0 Å². The molecule has 0 amide bonds. The summed E-state index contributed by atoms with van der Waals surface area (Å²) >= 11 is 0. The van der Waals surface area contributed by atoms with Crippen LogP contribution in [0.4, 0.5) is 5.69 Å². The van der Waals surface area contributed by atoms with E-state index in [2.05, 4.69) is 11.1 Å². The summed E-state index contributed by atoms with van der Waals surface area (Å²) < 4.78 is 0. The molecule has 63 valence electrons. The first-order valence-electron chi connectivity index (χ1n) is 4.04. The molecule has 1 aromatic carbocycles.